The quantitative estimate of drug-likeness (QED) is 0.306. The summed E-state index contributed by atoms with van der Waals surface area (Å²) in [4.78, 5) is 29.8. The molecule has 0 fully saturated rings. The van der Waals surface area contributed by atoms with Crippen LogP contribution in [0.25, 0.3) is 0 Å². The van der Waals surface area contributed by atoms with Crippen LogP contribution >= 0.6 is 0 Å². The molecule has 0 atom stereocenters. The van der Waals surface area contributed by atoms with Gasteiger partial charge in [-0.2, -0.15) is 5.26 Å². The van der Waals surface area contributed by atoms with Crippen molar-refractivity contribution in [3.8, 4) is 17.6 Å². The van der Waals surface area contributed by atoms with Gasteiger partial charge in [0.2, 0.25) is 5.91 Å². The molecule has 0 aliphatic heterocycles. The third-order valence-electron chi connectivity index (χ3n) is 6.03. The van der Waals surface area contributed by atoms with Gasteiger partial charge in [-0.3, -0.25) is 4.79 Å². The largest absolute Gasteiger partial charge is 0.493 e. The smallest absolute Gasteiger partial charge is 0.322 e. The molecule has 0 saturated heterocycles. The number of methoxy groups -OCH3 is 3. The molecule has 10 nitrogen and oxygen atoms in total. The van der Waals surface area contributed by atoms with Gasteiger partial charge in [-0.05, 0) is 60.9 Å². The van der Waals surface area contributed by atoms with Crippen molar-refractivity contribution in [1.29, 1.82) is 5.26 Å². The number of carbonyl (C=O) groups is 2. The predicted molar refractivity (Wildman–Crippen MR) is 146 cm³/mol. The first-order valence-electron chi connectivity index (χ1n) is 12.5. The maximum Gasteiger partial charge on any atom is 0.322 e. The van der Waals surface area contributed by atoms with Gasteiger partial charge in [-0.15, -0.1) is 0 Å². The van der Waals surface area contributed by atoms with Crippen LogP contribution in [0.2, 0.25) is 0 Å². The zero-order valence-corrected chi connectivity index (χ0v) is 22.5. The first-order valence-corrected chi connectivity index (χ1v) is 12.5. The molecule has 0 unspecified atom stereocenters. The minimum absolute atomic E-state index is 0.139. The zero-order chi connectivity index (χ0) is 28.0. The molecule has 0 saturated carbocycles. The van der Waals surface area contributed by atoms with Crippen LogP contribution in [0.5, 0.6) is 11.5 Å². The number of rotatable bonds is 14. The minimum atomic E-state index is -0.438. The lowest BCUT2D eigenvalue weighted by Gasteiger charge is -2.27. The number of hydrogen-bond acceptors (Lipinski definition) is 7. The first kappa shape index (κ1) is 29.1. The van der Waals surface area contributed by atoms with E-state index in [-0.39, 0.29) is 19.0 Å². The molecule has 0 spiro atoms. The Kier molecular flexibility index (Phi) is 11.2. The molecule has 206 valence electrons. The van der Waals surface area contributed by atoms with Crippen LogP contribution in [0.4, 0.5) is 10.5 Å². The minimum Gasteiger partial charge on any atom is -0.493 e. The molecule has 1 heterocycles. The summed E-state index contributed by atoms with van der Waals surface area (Å²) < 4.78 is 21.4. The summed E-state index contributed by atoms with van der Waals surface area (Å²) >= 11 is 0. The summed E-state index contributed by atoms with van der Waals surface area (Å²) in [5, 5.41) is 12.0. The second-order valence-electron chi connectivity index (χ2n) is 8.72. The van der Waals surface area contributed by atoms with Gasteiger partial charge in [0.05, 0.1) is 38.7 Å². The molecule has 3 rings (SSSR count). The Morgan fingerprint density at radius 1 is 0.974 bits per heavy atom. The number of anilines is 1. The van der Waals surface area contributed by atoms with E-state index in [2.05, 4.69) is 11.4 Å². The van der Waals surface area contributed by atoms with Crippen LogP contribution in [-0.2, 0) is 22.5 Å². The molecule has 0 radical (unpaired) electrons. The molecule has 1 N–H and O–H groups in total. The topological polar surface area (TPSA) is 117 Å². The van der Waals surface area contributed by atoms with E-state index in [1.807, 2.05) is 24.3 Å². The molecule has 1 aromatic heterocycles. The van der Waals surface area contributed by atoms with Crippen molar-refractivity contribution in [3.63, 3.8) is 0 Å². The first-order chi connectivity index (χ1) is 19.0. The van der Waals surface area contributed by atoms with E-state index < -0.39 is 6.03 Å². The van der Waals surface area contributed by atoms with Crippen molar-refractivity contribution in [2.24, 2.45) is 0 Å². The van der Waals surface area contributed by atoms with E-state index in [0.717, 1.165) is 5.56 Å². The summed E-state index contributed by atoms with van der Waals surface area (Å²) in [6.45, 7) is 1.27. The number of benzene rings is 2. The van der Waals surface area contributed by atoms with Gasteiger partial charge in [0.25, 0.3) is 0 Å². The van der Waals surface area contributed by atoms with Gasteiger partial charge >= 0.3 is 6.03 Å². The number of urea groups is 1. The van der Waals surface area contributed by atoms with E-state index in [4.69, 9.17) is 23.9 Å². The van der Waals surface area contributed by atoms with Crippen LogP contribution < -0.4 is 14.8 Å². The second kappa shape index (κ2) is 15.1. The fraction of sp³-hybridized carbons (Fsp3) is 0.345. The third kappa shape index (κ3) is 8.79. The molecule has 0 aliphatic carbocycles. The number of nitrogens with zero attached hydrogens (tertiary/aromatic N) is 3. The monoisotopic (exact) mass is 534 g/mol. The second-order valence-corrected chi connectivity index (χ2v) is 8.72. The summed E-state index contributed by atoms with van der Waals surface area (Å²) in [7, 11) is 4.74. The van der Waals surface area contributed by atoms with Crippen molar-refractivity contribution in [2.45, 2.75) is 19.4 Å². The standard InChI is InChI=1S/C29H34N4O6/c1-36-15-6-13-33(29(35)31-24-8-4-7-23(17-24)19-30)21-28(34)32(20-25-9-5-16-39-25)14-12-22-10-11-26(37-2)27(18-22)38-3/h4-5,7-11,16-18H,6,12-15,20-21H2,1-3H3,(H,31,35). The number of nitriles is 1. The van der Waals surface area contributed by atoms with Crippen LogP contribution in [0, 0.1) is 11.3 Å². The Bertz CT molecular complexity index is 1250. The highest BCUT2D eigenvalue weighted by molar-refractivity contribution is 5.92. The van der Waals surface area contributed by atoms with E-state index in [0.29, 0.717) is 61.0 Å². The van der Waals surface area contributed by atoms with Gasteiger partial charge < -0.3 is 33.7 Å². The van der Waals surface area contributed by atoms with Gasteiger partial charge in [0, 0.05) is 32.5 Å². The van der Waals surface area contributed by atoms with Gasteiger partial charge in [-0.25, -0.2) is 4.79 Å². The van der Waals surface area contributed by atoms with Gasteiger partial charge in [-0.1, -0.05) is 12.1 Å². The van der Waals surface area contributed by atoms with Crippen LogP contribution in [0.3, 0.4) is 0 Å². The van der Waals surface area contributed by atoms with Crippen LogP contribution in [-0.4, -0.2) is 69.3 Å². The van der Waals surface area contributed by atoms with Gasteiger partial charge in [0.15, 0.2) is 11.5 Å². The predicted octanol–water partition coefficient (Wildman–Crippen LogP) is 4.31. The van der Waals surface area contributed by atoms with E-state index in [9.17, 15) is 9.59 Å². The Morgan fingerprint density at radius 3 is 2.49 bits per heavy atom. The maximum atomic E-state index is 13.6. The fourth-order valence-electron chi connectivity index (χ4n) is 3.97. The summed E-state index contributed by atoms with van der Waals surface area (Å²) in [6, 6.07) is 17.5. The third-order valence-corrected chi connectivity index (χ3v) is 6.03. The normalized spacial score (nSPS) is 10.4. The summed E-state index contributed by atoms with van der Waals surface area (Å²) in [6.07, 6.45) is 2.68. The van der Waals surface area contributed by atoms with E-state index in [1.54, 1.807) is 62.8 Å². The summed E-state index contributed by atoms with van der Waals surface area (Å²) in [5.41, 5.74) is 1.87. The Labute approximate surface area is 228 Å². The molecule has 3 aromatic rings. The summed E-state index contributed by atoms with van der Waals surface area (Å²) in [5.74, 6) is 1.65. The van der Waals surface area contributed by atoms with Crippen molar-refractivity contribution in [2.75, 3.05) is 52.9 Å². The van der Waals surface area contributed by atoms with Crippen molar-refractivity contribution < 1.29 is 28.2 Å². The van der Waals surface area contributed by atoms with E-state index in [1.165, 1.54) is 4.90 Å². The molecule has 0 aliphatic rings. The van der Waals surface area contributed by atoms with E-state index >= 15 is 0 Å². The Balaban J connectivity index is 1.75. The Hall–Kier alpha value is -4.49. The van der Waals surface area contributed by atoms with Crippen molar-refractivity contribution in [3.05, 3.63) is 77.7 Å². The molecular formula is C29H34N4O6. The lowest BCUT2D eigenvalue weighted by Crippen LogP contribution is -2.45. The van der Waals surface area contributed by atoms with Crippen molar-refractivity contribution in [1.82, 2.24) is 9.80 Å². The Morgan fingerprint density at radius 2 is 1.79 bits per heavy atom. The number of ether oxygens (including phenoxy) is 3. The number of furan rings is 1. The zero-order valence-electron chi connectivity index (χ0n) is 22.5. The van der Waals surface area contributed by atoms with Crippen LogP contribution in [0.15, 0.2) is 65.3 Å². The fourth-order valence-corrected chi connectivity index (χ4v) is 3.97. The average molecular weight is 535 g/mol. The van der Waals surface area contributed by atoms with Gasteiger partial charge in [0.1, 0.15) is 12.3 Å². The molecule has 0 bridgehead atoms. The molecule has 2 aromatic carbocycles. The average Bonchev–Trinajstić information content (AvgIpc) is 3.47. The number of nitrogens with one attached hydrogen (secondary N) is 1. The number of amides is 3. The highest BCUT2D eigenvalue weighted by Crippen LogP contribution is 2.27. The molecular weight excluding hydrogens is 500 g/mol. The van der Waals surface area contributed by atoms with Crippen LogP contribution in [0.1, 0.15) is 23.3 Å². The maximum absolute atomic E-state index is 13.6. The SMILES string of the molecule is COCCCN(CC(=O)N(CCc1ccc(OC)c(OC)c1)Cc1ccco1)C(=O)Nc1cccc(C#N)c1. The molecule has 39 heavy (non-hydrogen) atoms. The lowest BCUT2D eigenvalue weighted by molar-refractivity contribution is -0.132. The highest BCUT2D eigenvalue weighted by atomic mass is 16.5. The lowest BCUT2D eigenvalue weighted by atomic mass is 10.1. The highest BCUT2D eigenvalue weighted by Gasteiger charge is 2.22. The van der Waals surface area contributed by atoms with Crippen molar-refractivity contribution >= 4 is 17.6 Å². The molecule has 10 heteroatoms. The number of carbonyl (C=O) groups excluding carboxylic acids is 2. The number of hydrogen-bond donors (Lipinski definition) is 1. The molecule has 3 amide bonds.